The molecule has 0 bridgehead atoms. The van der Waals surface area contributed by atoms with Crippen LogP contribution in [0.5, 0.6) is 0 Å². The second kappa shape index (κ2) is 40.3. The molecule has 74 heavy (non-hydrogen) atoms. The SMILES string of the molecule is CC(C)(C)OC=O.CCCOCCOCCOCCN(C)C(=O)CN(CC(=O)N(C)CCOCCOCCOCCC=O)C(=O)CCOCCNC(=O)OCC1c2ccccc2-c2ccccc21.COC(C)(C)C. The van der Waals surface area contributed by atoms with Crippen LogP contribution in [0.15, 0.2) is 48.5 Å². The van der Waals surface area contributed by atoms with Gasteiger partial charge in [0.05, 0.1) is 97.9 Å². The average molecular weight is 1050 g/mol. The topological polar surface area (TPSA) is 216 Å². The van der Waals surface area contributed by atoms with Crippen LogP contribution in [0, 0.1) is 0 Å². The van der Waals surface area contributed by atoms with E-state index in [0.717, 1.165) is 35.0 Å². The molecule has 0 fully saturated rings. The number of amides is 4. The van der Waals surface area contributed by atoms with Crippen molar-refractivity contribution >= 4 is 36.6 Å². The molecule has 0 aliphatic heterocycles. The third kappa shape index (κ3) is 32.3. The van der Waals surface area contributed by atoms with Gasteiger partial charge in [0.25, 0.3) is 6.47 Å². The van der Waals surface area contributed by atoms with Crippen molar-refractivity contribution in [3.05, 3.63) is 59.7 Å². The van der Waals surface area contributed by atoms with E-state index in [1.54, 1.807) is 21.2 Å². The number of methoxy groups -OCH3 is 1. The summed E-state index contributed by atoms with van der Waals surface area (Å²) in [5, 5.41) is 2.69. The van der Waals surface area contributed by atoms with Crippen LogP contribution in [0.4, 0.5) is 4.79 Å². The molecule has 20 nitrogen and oxygen atoms in total. The molecular formula is C54H88N4O16. The molecule has 0 saturated heterocycles. The van der Waals surface area contributed by atoms with Gasteiger partial charge in [0, 0.05) is 59.8 Å². The zero-order valence-electron chi connectivity index (χ0n) is 46.0. The van der Waals surface area contributed by atoms with E-state index in [2.05, 4.69) is 34.3 Å². The van der Waals surface area contributed by atoms with E-state index in [4.69, 9.17) is 42.6 Å². The molecule has 2 aromatic rings. The average Bonchev–Trinajstić information content (AvgIpc) is 3.69. The number of aldehydes is 1. The number of likely N-dealkylation sites (N-methyl/N-ethyl adjacent to an activating group) is 2. The Bertz CT molecular complexity index is 1810. The number of alkyl carbamates (subject to hydrolysis) is 1. The van der Waals surface area contributed by atoms with Crippen LogP contribution in [0.1, 0.15) is 84.8 Å². The lowest BCUT2D eigenvalue weighted by molar-refractivity contribution is -0.145. The summed E-state index contributed by atoms with van der Waals surface area (Å²) in [7, 11) is 4.92. The quantitative estimate of drug-likeness (QED) is 0.0689. The maximum atomic E-state index is 13.4. The number of hydrogen-bond acceptors (Lipinski definition) is 16. The molecule has 0 saturated carbocycles. The largest absolute Gasteiger partial charge is 0.462 e. The number of fused-ring (bicyclic) bond motifs is 3. The second-order valence-electron chi connectivity index (χ2n) is 18.8. The summed E-state index contributed by atoms with van der Waals surface area (Å²) in [6.07, 6.45) is 1.43. The Morgan fingerprint density at radius 2 is 1.01 bits per heavy atom. The van der Waals surface area contributed by atoms with Crippen LogP contribution in [0.3, 0.4) is 0 Å². The first-order chi connectivity index (χ1) is 35.4. The standard InChI is InChI=1S/C44H66N4O13.C5H10O2.C5H12O/c1-4-19-54-25-29-59-31-27-57-23-16-46(2)42(51)33-48(34-43(52)47(3)17-24-58-28-32-60-30-26-55-20-9-18-49)41(50)14-21-56-22-15-45-44(53)61-35-40-38-12-7-5-10-36(38)37-11-6-8-13-39(37)40;1-5(2,3)7-4-6;1-5(2,3)6-4/h5-8,10-13,18,40H,4,9,14-17,19-35H2,1-3H3,(H,45,53);4H,1-3H3;1-4H3. The normalized spacial score (nSPS) is 11.7. The van der Waals surface area contributed by atoms with Crippen LogP contribution in [0.2, 0.25) is 0 Å². The fourth-order valence-electron chi connectivity index (χ4n) is 6.25. The van der Waals surface area contributed by atoms with Gasteiger partial charge < -0.3 is 72.2 Å². The zero-order valence-corrected chi connectivity index (χ0v) is 46.0. The van der Waals surface area contributed by atoms with Crippen molar-refractivity contribution in [3.8, 4) is 11.1 Å². The Balaban J connectivity index is 0.00000185. The highest BCUT2D eigenvalue weighted by Gasteiger charge is 2.29. The molecule has 0 spiro atoms. The van der Waals surface area contributed by atoms with E-state index in [0.29, 0.717) is 79.0 Å². The summed E-state index contributed by atoms with van der Waals surface area (Å²) >= 11 is 0. The van der Waals surface area contributed by atoms with Crippen molar-refractivity contribution in [2.24, 2.45) is 0 Å². The van der Waals surface area contributed by atoms with Gasteiger partial charge in [-0.05, 0) is 70.2 Å². The molecule has 0 atom stereocenters. The maximum Gasteiger partial charge on any atom is 0.407 e. The number of ether oxygens (including phenoxy) is 10. The van der Waals surface area contributed by atoms with Gasteiger partial charge in [-0.25, -0.2) is 4.79 Å². The van der Waals surface area contributed by atoms with Gasteiger partial charge in [0.15, 0.2) is 0 Å². The van der Waals surface area contributed by atoms with E-state index in [-0.39, 0.29) is 101 Å². The van der Waals surface area contributed by atoms with Crippen LogP contribution in [-0.4, -0.2) is 216 Å². The molecule has 0 unspecified atom stereocenters. The lowest BCUT2D eigenvalue weighted by Gasteiger charge is -2.27. The summed E-state index contributed by atoms with van der Waals surface area (Å²) in [6, 6.07) is 16.2. The maximum absolute atomic E-state index is 13.4. The number of nitrogens with one attached hydrogen (secondary N) is 1. The first kappa shape index (κ1) is 67.0. The van der Waals surface area contributed by atoms with Crippen LogP contribution < -0.4 is 5.32 Å². The second-order valence-corrected chi connectivity index (χ2v) is 18.8. The van der Waals surface area contributed by atoms with Gasteiger partial charge in [-0.15, -0.1) is 0 Å². The summed E-state index contributed by atoms with van der Waals surface area (Å²) in [5.41, 5.74) is 4.25. The Morgan fingerprint density at radius 1 is 0.581 bits per heavy atom. The first-order valence-corrected chi connectivity index (χ1v) is 25.4. The van der Waals surface area contributed by atoms with Gasteiger partial charge in [-0.3, -0.25) is 19.2 Å². The number of carbonyl (C=O) groups excluding carboxylic acids is 6. The van der Waals surface area contributed by atoms with Gasteiger partial charge in [-0.2, -0.15) is 0 Å². The van der Waals surface area contributed by atoms with Gasteiger partial charge >= 0.3 is 6.09 Å². The third-order valence-electron chi connectivity index (χ3n) is 10.5. The number of rotatable bonds is 36. The minimum absolute atomic E-state index is 0.0111. The van der Waals surface area contributed by atoms with E-state index in [9.17, 15) is 28.8 Å². The number of nitrogens with zero attached hydrogens (tertiary/aromatic N) is 3. The molecule has 20 heteroatoms. The molecule has 0 aromatic heterocycles. The molecule has 0 radical (unpaired) electrons. The molecule has 1 aliphatic carbocycles. The lowest BCUT2D eigenvalue weighted by atomic mass is 9.98. The summed E-state index contributed by atoms with van der Waals surface area (Å²) in [5.74, 6) is -1.22. The molecule has 4 amide bonds. The highest BCUT2D eigenvalue weighted by Crippen LogP contribution is 2.44. The summed E-state index contributed by atoms with van der Waals surface area (Å²) < 4.78 is 53.4. The van der Waals surface area contributed by atoms with E-state index < -0.39 is 12.0 Å². The monoisotopic (exact) mass is 1050 g/mol. The molecule has 0 heterocycles. The zero-order chi connectivity index (χ0) is 55.0. The minimum atomic E-state index is -0.572. The van der Waals surface area contributed by atoms with Crippen molar-refractivity contribution in [3.63, 3.8) is 0 Å². The molecule has 1 N–H and O–H groups in total. The van der Waals surface area contributed by atoms with Crippen LogP contribution in [0.25, 0.3) is 11.1 Å². The van der Waals surface area contributed by atoms with E-state index in [1.807, 2.05) is 72.7 Å². The van der Waals surface area contributed by atoms with Crippen LogP contribution >= 0.6 is 0 Å². The molecule has 2 aromatic carbocycles. The number of carbonyl (C=O) groups is 6. The van der Waals surface area contributed by atoms with Crippen molar-refractivity contribution in [1.29, 1.82) is 0 Å². The predicted octanol–water partition coefficient (Wildman–Crippen LogP) is 5.17. The lowest BCUT2D eigenvalue weighted by Crippen LogP contribution is -2.47. The Hall–Kier alpha value is -5.06. The fourth-order valence-corrected chi connectivity index (χ4v) is 6.25. The highest BCUT2D eigenvalue weighted by molar-refractivity contribution is 5.89. The summed E-state index contributed by atoms with van der Waals surface area (Å²) in [6.45, 7) is 19.2. The Labute approximate surface area is 440 Å². The Kier molecular flexibility index (Phi) is 36.4. The number of hydrogen-bond donors (Lipinski definition) is 1. The summed E-state index contributed by atoms with van der Waals surface area (Å²) in [4.78, 5) is 76.4. The minimum Gasteiger partial charge on any atom is -0.462 e. The first-order valence-electron chi connectivity index (χ1n) is 25.4. The molecule has 420 valence electrons. The van der Waals surface area contributed by atoms with Crippen molar-refractivity contribution in [2.75, 3.05) is 153 Å². The van der Waals surface area contributed by atoms with E-state index >= 15 is 0 Å². The number of benzene rings is 2. The fraction of sp³-hybridized carbons (Fsp3) is 0.667. The molecule has 1 aliphatic rings. The highest BCUT2D eigenvalue weighted by atomic mass is 16.6. The van der Waals surface area contributed by atoms with Gasteiger partial charge in [0.2, 0.25) is 17.7 Å². The molecule has 3 rings (SSSR count). The smallest absolute Gasteiger partial charge is 0.407 e. The van der Waals surface area contributed by atoms with E-state index in [1.165, 1.54) is 14.7 Å². The Morgan fingerprint density at radius 3 is 1.43 bits per heavy atom. The van der Waals surface area contributed by atoms with Crippen LogP contribution in [-0.2, 0) is 71.3 Å². The van der Waals surface area contributed by atoms with Crippen molar-refractivity contribution in [2.45, 2.75) is 84.8 Å². The molecular weight excluding hydrogens is 961 g/mol. The van der Waals surface area contributed by atoms with Gasteiger partial charge in [-0.1, -0.05) is 55.5 Å². The van der Waals surface area contributed by atoms with Crippen molar-refractivity contribution < 1.29 is 76.1 Å². The predicted molar refractivity (Wildman–Crippen MR) is 280 cm³/mol. The van der Waals surface area contributed by atoms with Gasteiger partial charge in [0.1, 0.15) is 31.6 Å². The third-order valence-corrected chi connectivity index (χ3v) is 10.5. The van der Waals surface area contributed by atoms with Crippen molar-refractivity contribution in [1.82, 2.24) is 20.0 Å².